The van der Waals surface area contributed by atoms with Gasteiger partial charge in [0.15, 0.2) is 5.52 Å². The van der Waals surface area contributed by atoms with Gasteiger partial charge in [-0.15, -0.1) is 5.10 Å². The molecule has 96 valence electrons. The molecule has 2 heterocycles. The number of H-pyrrole nitrogens is 1. The maximum Gasteiger partial charge on any atom is 0.296 e. The SMILES string of the molecule is Cc1ccc([C@H](C)n2nnc3cn[nH]c3c2=O)cc1. The van der Waals surface area contributed by atoms with Crippen LogP contribution in [0.3, 0.4) is 0 Å². The summed E-state index contributed by atoms with van der Waals surface area (Å²) in [5.74, 6) is 0. The molecule has 0 saturated carbocycles. The van der Waals surface area contributed by atoms with Crippen molar-refractivity contribution in [1.29, 1.82) is 0 Å². The molecule has 3 aromatic rings. The van der Waals surface area contributed by atoms with Crippen molar-refractivity contribution in [2.45, 2.75) is 19.9 Å². The summed E-state index contributed by atoms with van der Waals surface area (Å²) in [6.45, 7) is 3.94. The normalized spacial score (nSPS) is 12.7. The molecule has 1 N–H and O–H groups in total. The van der Waals surface area contributed by atoms with E-state index in [4.69, 9.17) is 0 Å². The smallest absolute Gasteiger partial charge is 0.271 e. The number of fused-ring (bicyclic) bond motifs is 1. The minimum Gasteiger partial charge on any atom is -0.271 e. The van der Waals surface area contributed by atoms with E-state index < -0.39 is 0 Å². The number of rotatable bonds is 2. The number of hydrogen-bond donors (Lipinski definition) is 1. The van der Waals surface area contributed by atoms with Crippen molar-refractivity contribution < 1.29 is 0 Å². The summed E-state index contributed by atoms with van der Waals surface area (Å²) < 4.78 is 1.37. The molecule has 0 unspecified atom stereocenters. The zero-order valence-electron chi connectivity index (χ0n) is 10.7. The van der Waals surface area contributed by atoms with E-state index in [1.54, 1.807) is 0 Å². The van der Waals surface area contributed by atoms with Crippen LogP contribution in [0.1, 0.15) is 24.1 Å². The molecule has 0 radical (unpaired) electrons. The Hall–Kier alpha value is -2.50. The summed E-state index contributed by atoms with van der Waals surface area (Å²) in [6, 6.07) is 7.84. The highest BCUT2D eigenvalue weighted by molar-refractivity contribution is 5.70. The van der Waals surface area contributed by atoms with Gasteiger partial charge in [0.25, 0.3) is 5.56 Å². The fourth-order valence-electron chi connectivity index (χ4n) is 2.00. The molecule has 0 amide bonds. The van der Waals surface area contributed by atoms with Crippen molar-refractivity contribution in [3.05, 3.63) is 51.9 Å². The summed E-state index contributed by atoms with van der Waals surface area (Å²) in [6.07, 6.45) is 1.49. The molecule has 6 nitrogen and oxygen atoms in total. The van der Waals surface area contributed by atoms with Gasteiger partial charge in [-0.05, 0) is 19.4 Å². The third-order valence-corrected chi connectivity index (χ3v) is 3.22. The molecule has 0 aliphatic heterocycles. The Morgan fingerprint density at radius 2 is 2.00 bits per heavy atom. The molecule has 1 aromatic carbocycles. The predicted octanol–water partition coefficient (Wildman–Crippen LogP) is 1.43. The lowest BCUT2D eigenvalue weighted by atomic mass is 10.1. The monoisotopic (exact) mass is 255 g/mol. The van der Waals surface area contributed by atoms with Crippen molar-refractivity contribution in [3.8, 4) is 0 Å². The number of nitrogens with zero attached hydrogens (tertiary/aromatic N) is 4. The van der Waals surface area contributed by atoms with E-state index in [9.17, 15) is 4.79 Å². The van der Waals surface area contributed by atoms with E-state index in [2.05, 4.69) is 20.5 Å². The van der Waals surface area contributed by atoms with E-state index in [1.165, 1.54) is 16.4 Å². The second-order valence-electron chi connectivity index (χ2n) is 4.56. The molecule has 0 saturated heterocycles. The van der Waals surface area contributed by atoms with E-state index in [-0.39, 0.29) is 11.6 Å². The van der Waals surface area contributed by atoms with Gasteiger partial charge in [-0.3, -0.25) is 9.89 Å². The van der Waals surface area contributed by atoms with Gasteiger partial charge >= 0.3 is 0 Å². The lowest BCUT2D eigenvalue weighted by Gasteiger charge is -2.13. The second kappa shape index (κ2) is 4.31. The number of benzene rings is 1. The standard InChI is InChI=1S/C13H13N5O/c1-8-3-5-10(6-4-8)9(2)18-13(19)12-11(15-17-18)7-14-16-12/h3-7,9H,1-2H3,(H,14,16)/t9-/m0/s1. The van der Waals surface area contributed by atoms with E-state index in [0.29, 0.717) is 11.0 Å². The maximum absolute atomic E-state index is 12.3. The molecule has 0 fully saturated rings. The Labute approximate surface area is 109 Å². The van der Waals surface area contributed by atoms with Crippen LogP contribution in [0, 0.1) is 6.92 Å². The summed E-state index contributed by atoms with van der Waals surface area (Å²) in [5, 5.41) is 14.4. The van der Waals surface area contributed by atoms with Crippen molar-refractivity contribution in [2.75, 3.05) is 0 Å². The molecule has 6 heteroatoms. The topological polar surface area (TPSA) is 76.5 Å². The molecular weight excluding hydrogens is 242 g/mol. The van der Waals surface area contributed by atoms with Crippen LogP contribution in [-0.4, -0.2) is 25.2 Å². The third-order valence-electron chi connectivity index (χ3n) is 3.22. The first kappa shape index (κ1) is 11.6. The molecule has 0 spiro atoms. The van der Waals surface area contributed by atoms with Gasteiger partial charge < -0.3 is 0 Å². The number of aromatic nitrogens is 5. The molecule has 0 aliphatic carbocycles. The Morgan fingerprint density at radius 3 is 2.74 bits per heavy atom. The molecule has 1 atom stereocenters. The van der Waals surface area contributed by atoms with Gasteiger partial charge in [-0.1, -0.05) is 35.0 Å². The van der Waals surface area contributed by atoms with Crippen LogP contribution in [0.4, 0.5) is 0 Å². The first-order valence-electron chi connectivity index (χ1n) is 6.02. The quantitative estimate of drug-likeness (QED) is 0.751. The highest BCUT2D eigenvalue weighted by Crippen LogP contribution is 2.15. The number of hydrogen-bond acceptors (Lipinski definition) is 4. The summed E-state index contributed by atoms with van der Waals surface area (Å²) in [7, 11) is 0. The fraction of sp³-hybridized carbons (Fsp3) is 0.231. The van der Waals surface area contributed by atoms with Gasteiger partial charge in [0.2, 0.25) is 0 Å². The first-order valence-corrected chi connectivity index (χ1v) is 6.02. The molecule has 19 heavy (non-hydrogen) atoms. The Balaban J connectivity index is 2.10. The number of aryl methyl sites for hydroxylation is 1. The van der Waals surface area contributed by atoms with Gasteiger partial charge in [-0.2, -0.15) is 5.10 Å². The zero-order chi connectivity index (χ0) is 13.4. The maximum atomic E-state index is 12.3. The Bertz CT molecular complexity index is 772. The molecule has 0 aliphatic rings. The Morgan fingerprint density at radius 1 is 1.26 bits per heavy atom. The average molecular weight is 255 g/mol. The van der Waals surface area contributed by atoms with Crippen LogP contribution in [0.25, 0.3) is 11.0 Å². The lowest BCUT2D eigenvalue weighted by molar-refractivity contribution is 0.507. The minimum atomic E-state index is -0.212. The Kier molecular flexibility index (Phi) is 2.63. The van der Waals surface area contributed by atoms with Crippen LogP contribution in [-0.2, 0) is 0 Å². The average Bonchev–Trinajstić information content (AvgIpc) is 2.88. The molecule has 2 aromatic heterocycles. The van der Waals surface area contributed by atoms with E-state index in [0.717, 1.165) is 5.56 Å². The highest BCUT2D eigenvalue weighted by atomic mass is 16.1. The van der Waals surface area contributed by atoms with E-state index >= 15 is 0 Å². The number of aromatic amines is 1. The van der Waals surface area contributed by atoms with Crippen molar-refractivity contribution in [2.24, 2.45) is 0 Å². The first-order chi connectivity index (χ1) is 9.16. The largest absolute Gasteiger partial charge is 0.296 e. The van der Waals surface area contributed by atoms with Crippen molar-refractivity contribution >= 4 is 11.0 Å². The van der Waals surface area contributed by atoms with Crippen LogP contribution in [0.15, 0.2) is 35.3 Å². The van der Waals surface area contributed by atoms with Crippen molar-refractivity contribution in [3.63, 3.8) is 0 Å². The van der Waals surface area contributed by atoms with Crippen molar-refractivity contribution in [1.82, 2.24) is 25.2 Å². The predicted molar refractivity (Wildman–Crippen MR) is 70.9 cm³/mol. The van der Waals surface area contributed by atoms with Gasteiger partial charge in [0, 0.05) is 0 Å². The van der Waals surface area contributed by atoms with Gasteiger partial charge in [-0.25, -0.2) is 4.68 Å². The van der Waals surface area contributed by atoms with Crippen LogP contribution in [0.2, 0.25) is 0 Å². The van der Waals surface area contributed by atoms with Crippen LogP contribution >= 0.6 is 0 Å². The zero-order valence-corrected chi connectivity index (χ0v) is 10.7. The fourth-order valence-corrected chi connectivity index (χ4v) is 2.00. The second-order valence-corrected chi connectivity index (χ2v) is 4.56. The van der Waals surface area contributed by atoms with Gasteiger partial charge in [0.1, 0.15) is 5.52 Å². The van der Waals surface area contributed by atoms with Crippen LogP contribution < -0.4 is 5.56 Å². The third kappa shape index (κ3) is 1.91. The van der Waals surface area contributed by atoms with Crippen LogP contribution in [0.5, 0.6) is 0 Å². The number of nitrogens with one attached hydrogen (secondary N) is 1. The molecular formula is C13H13N5O. The summed E-state index contributed by atoms with van der Waals surface area (Å²) >= 11 is 0. The van der Waals surface area contributed by atoms with Gasteiger partial charge in [0.05, 0.1) is 12.2 Å². The molecule has 3 rings (SSSR count). The molecule has 0 bridgehead atoms. The summed E-state index contributed by atoms with van der Waals surface area (Å²) in [4.78, 5) is 12.3. The summed E-state index contributed by atoms with van der Waals surface area (Å²) in [5.41, 5.74) is 2.85. The minimum absolute atomic E-state index is 0.173. The highest BCUT2D eigenvalue weighted by Gasteiger charge is 2.14. The lowest BCUT2D eigenvalue weighted by Crippen LogP contribution is -2.27. The van der Waals surface area contributed by atoms with E-state index in [1.807, 2.05) is 38.1 Å².